The number of hydrogen-bond donors (Lipinski definition) is 0. The smallest absolute Gasteiger partial charge is 0.227 e. The predicted molar refractivity (Wildman–Crippen MR) is 103 cm³/mol. The predicted octanol–water partition coefficient (Wildman–Crippen LogP) is 3.26. The van der Waals surface area contributed by atoms with Crippen molar-refractivity contribution >= 4 is 5.95 Å². The number of aromatic nitrogens is 4. The second-order valence-electron chi connectivity index (χ2n) is 7.19. The summed E-state index contributed by atoms with van der Waals surface area (Å²) in [5.41, 5.74) is 2.58. The molecular weight excluding hydrogens is 322 g/mol. The lowest BCUT2D eigenvalue weighted by atomic mass is 9.93. The van der Waals surface area contributed by atoms with E-state index in [1.165, 1.54) is 12.0 Å². The van der Waals surface area contributed by atoms with Crippen LogP contribution >= 0.6 is 0 Å². The highest BCUT2D eigenvalue weighted by Crippen LogP contribution is 2.31. The minimum Gasteiger partial charge on any atom is -0.338 e. The molecule has 0 bridgehead atoms. The molecule has 2 aromatic heterocycles. The van der Waals surface area contributed by atoms with Gasteiger partial charge in [0, 0.05) is 38.4 Å². The molecule has 3 aromatic rings. The van der Waals surface area contributed by atoms with Crippen molar-refractivity contribution in [2.45, 2.75) is 32.2 Å². The highest BCUT2D eigenvalue weighted by molar-refractivity contribution is 5.36. The van der Waals surface area contributed by atoms with Crippen molar-refractivity contribution in [3.63, 3.8) is 0 Å². The molecule has 0 saturated carbocycles. The van der Waals surface area contributed by atoms with Gasteiger partial charge in [-0.25, -0.2) is 0 Å². The number of nitrogens with zero attached hydrogens (tertiary/aromatic N) is 5. The normalized spacial score (nSPS) is 19.8. The van der Waals surface area contributed by atoms with Gasteiger partial charge >= 0.3 is 0 Å². The Morgan fingerprint density at radius 2 is 1.85 bits per heavy atom. The lowest BCUT2D eigenvalue weighted by molar-refractivity contribution is 0.490. The molecule has 2 unspecified atom stereocenters. The molecule has 5 heteroatoms. The van der Waals surface area contributed by atoms with E-state index in [0.29, 0.717) is 12.0 Å². The summed E-state index contributed by atoms with van der Waals surface area (Å²) in [4.78, 5) is 6.60. The van der Waals surface area contributed by atoms with Gasteiger partial charge in [-0.3, -0.25) is 4.98 Å². The van der Waals surface area contributed by atoms with E-state index in [1.54, 1.807) is 6.20 Å². The SMILES string of the molecule is CC1C(Cc2ccccc2)CCN1c1nnc(Cc2cccnc2)n1C. The molecule has 1 saturated heterocycles. The molecular formula is C21H25N5. The van der Waals surface area contributed by atoms with Crippen LogP contribution in [0.3, 0.4) is 0 Å². The van der Waals surface area contributed by atoms with Crippen LogP contribution in [0.25, 0.3) is 0 Å². The molecule has 3 heterocycles. The van der Waals surface area contributed by atoms with Crippen LogP contribution in [0.1, 0.15) is 30.3 Å². The van der Waals surface area contributed by atoms with Gasteiger partial charge in [-0.05, 0) is 42.9 Å². The van der Waals surface area contributed by atoms with Crippen molar-refractivity contribution in [2.75, 3.05) is 11.4 Å². The minimum absolute atomic E-state index is 0.462. The maximum absolute atomic E-state index is 4.50. The van der Waals surface area contributed by atoms with Crippen molar-refractivity contribution < 1.29 is 0 Å². The first-order chi connectivity index (χ1) is 12.7. The van der Waals surface area contributed by atoms with Crippen LogP contribution in [0.2, 0.25) is 0 Å². The van der Waals surface area contributed by atoms with Gasteiger partial charge in [-0.2, -0.15) is 0 Å². The van der Waals surface area contributed by atoms with Crippen molar-refractivity contribution in [1.82, 2.24) is 19.7 Å². The average Bonchev–Trinajstić information content (AvgIpc) is 3.20. The molecule has 0 aliphatic carbocycles. The maximum Gasteiger partial charge on any atom is 0.227 e. The van der Waals surface area contributed by atoms with Crippen molar-refractivity contribution in [2.24, 2.45) is 13.0 Å². The van der Waals surface area contributed by atoms with Crippen molar-refractivity contribution in [3.8, 4) is 0 Å². The standard InChI is InChI=1S/C21H25N5/c1-16-19(13-17-7-4-3-5-8-17)10-12-26(16)21-24-23-20(25(21)2)14-18-9-6-11-22-15-18/h3-9,11,15-16,19H,10,12-14H2,1-2H3. The topological polar surface area (TPSA) is 46.8 Å². The lowest BCUT2D eigenvalue weighted by Crippen LogP contribution is -2.32. The van der Waals surface area contributed by atoms with E-state index in [-0.39, 0.29) is 0 Å². The van der Waals surface area contributed by atoms with Crippen LogP contribution in [0.5, 0.6) is 0 Å². The fourth-order valence-electron chi connectivity index (χ4n) is 3.92. The molecule has 4 rings (SSSR count). The second-order valence-corrected chi connectivity index (χ2v) is 7.19. The molecule has 0 amide bonds. The van der Waals surface area contributed by atoms with Crippen LogP contribution in [0, 0.1) is 5.92 Å². The van der Waals surface area contributed by atoms with Gasteiger partial charge in [0.25, 0.3) is 0 Å². The summed E-state index contributed by atoms with van der Waals surface area (Å²) in [5, 5.41) is 8.95. The lowest BCUT2D eigenvalue weighted by Gasteiger charge is -2.25. The maximum atomic E-state index is 4.50. The van der Waals surface area contributed by atoms with E-state index in [9.17, 15) is 0 Å². The fourth-order valence-corrected chi connectivity index (χ4v) is 3.92. The number of benzene rings is 1. The molecule has 0 spiro atoms. The summed E-state index contributed by atoms with van der Waals surface area (Å²) in [5.74, 6) is 2.61. The molecule has 1 aliphatic heterocycles. The van der Waals surface area contributed by atoms with Crippen LogP contribution < -0.4 is 4.90 Å². The van der Waals surface area contributed by atoms with Crippen LogP contribution in [-0.4, -0.2) is 32.3 Å². The van der Waals surface area contributed by atoms with Crippen molar-refractivity contribution in [3.05, 3.63) is 71.8 Å². The first-order valence-electron chi connectivity index (χ1n) is 9.30. The van der Waals surface area contributed by atoms with Crippen molar-refractivity contribution in [1.29, 1.82) is 0 Å². The van der Waals surface area contributed by atoms with E-state index in [4.69, 9.17) is 0 Å². The van der Waals surface area contributed by atoms with Crippen LogP contribution in [-0.2, 0) is 19.9 Å². The van der Waals surface area contributed by atoms with E-state index in [1.807, 2.05) is 12.3 Å². The third-order valence-electron chi connectivity index (χ3n) is 5.54. The zero-order valence-electron chi connectivity index (χ0n) is 15.4. The molecule has 2 atom stereocenters. The molecule has 0 radical (unpaired) electrons. The highest BCUT2D eigenvalue weighted by Gasteiger charge is 2.33. The number of hydrogen-bond acceptors (Lipinski definition) is 4. The van der Waals surface area contributed by atoms with Gasteiger partial charge in [0.1, 0.15) is 5.82 Å². The summed E-state index contributed by atoms with van der Waals surface area (Å²) < 4.78 is 2.13. The number of anilines is 1. The number of rotatable bonds is 5. The second kappa shape index (κ2) is 7.28. The first-order valence-corrected chi connectivity index (χ1v) is 9.30. The monoisotopic (exact) mass is 347 g/mol. The Hall–Kier alpha value is -2.69. The Kier molecular flexibility index (Phi) is 4.69. The van der Waals surface area contributed by atoms with Gasteiger partial charge in [-0.1, -0.05) is 36.4 Å². The third kappa shape index (κ3) is 3.34. The summed E-state index contributed by atoms with van der Waals surface area (Å²) in [7, 11) is 2.07. The van der Waals surface area contributed by atoms with Gasteiger partial charge in [0.05, 0.1) is 0 Å². The first kappa shape index (κ1) is 16.8. The largest absolute Gasteiger partial charge is 0.338 e. The summed E-state index contributed by atoms with van der Waals surface area (Å²) in [6.07, 6.45) is 6.76. The molecule has 134 valence electrons. The highest BCUT2D eigenvalue weighted by atomic mass is 15.4. The summed E-state index contributed by atoms with van der Waals surface area (Å²) in [6, 6.07) is 15.3. The van der Waals surface area contributed by atoms with E-state index < -0.39 is 0 Å². The zero-order chi connectivity index (χ0) is 17.9. The molecule has 26 heavy (non-hydrogen) atoms. The Labute approximate surface area is 154 Å². The summed E-state index contributed by atoms with van der Waals surface area (Å²) in [6.45, 7) is 3.35. The molecule has 0 N–H and O–H groups in total. The Morgan fingerprint density at radius 1 is 1.04 bits per heavy atom. The van der Waals surface area contributed by atoms with Gasteiger partial charge in [0.2, 0.25) is 5.95 Å². The third-order valence-corrected chi connectivity index (χ3v) is 5.54. The van der Waals surface area contributed by atoms with Gasteiger partial charge < -0.3 is 9.47 Å². The van der Waals surface area contributed by atoms with E-state index >= 15 is 0 Å². The summed E-state index contributed by atoms with van der Waals surface area (Å²) >= 11 is 0. The molecule has 5 nitrogen and oxygen atoms in total. The Bertz CT molecular complexity index is 843. The molecule has 1 aliphatic rings. The Balaban J connectivity index is 1.48. The minimum atomic E-state index is 0.462. The molecule has 1 aromatic carbocycles. The van der Waals surface area contributed by atoms with E-state index in [2.05, 4.69) is 75.0 Å². The Morgan fingerprint density at radius 3 is 2.62 bits per heavy atom. The fraction of sp³-hybridized carbons (Fsp3) is 0.381. The van der Waals surface area contributed by atoms with Gasteiger partial charge in [-0.15, -0.1) is 10.2 Å². The average molecular weight is 347 g/mol. The quantitative estimate of drug-likeness (QED) is 0.711. The molecule has 1 fully saturated rings. The van der Waals surface area contributed by atoms with Crippen LogP contribution in [0.15, 0.2) is 54.9 Å². The zero-order valence-corrected chi connectivity index (χ0v) is 15.4. The van der Waals surface area contributed by atoms with Gasteiger partial charge in [0.15, 0.2) is 0 Å². The number of pyridine rings is 1. The van der Waals surface area contributed by atoms with Crippen LogP contribution in [0.4, 0.5) is 5.95 Å². The van der Waals surface area contributed by atoms with E-state index in [0.717, 1.165) is 36.7 Å².